The average molecular weight is 476 g/mol. The molecule has 7 heteroatoms. The standard InChI is InChI=1S/C20H17IN2O4/c1-20(2)11-27-22(19(20)26)10-12-7-8-13(9-16(12)21)23-17(24)14-5-3-4-6-15(14)18(23)25/h3-9H,10-11H2,1-2H3. The Kier molecular flexibility index (Phi) is 4.31. The van der Waals surface area contributed by atoms with E-state index >= 15 is 0 Å². The molecule has 138 valence electrons. The van der Waals surface area contributed by atoms with Crippen molar-refractivity contribution in [2.75, 3.05) is 11.5 Å². The Morgan fingerprint density at radius 2 is 1.67 bits per heavy atom. The van der Waals surface area contributed by atoms with E-state index in [1.807, 2.05) is 19.9 Å². The van der Waals surface area contributed by atoms with Gasteiger partial charge >= 0.3 is 0 Å². The number of halogens is 1. The zero-order chi connectivity index (χ0) is 19.3. The summed E-state index contributed by atoms with van der Waals surface area (Å²) >= 11 is 2.15. The van der Waals surface area contributed by atoms with Crippen LogP contribution in [0.5, 0.6) is 0 Å². The number of rotatable bonds is 3. The third-order valence-corrected chi connectivity index (χ3v) is 5.79. The van der Waals surface area contributed by atoms with Crippen molar-refractivity contribution in [1.82, 2.24) is 5.06 Å². The van der Waals surface area contributed by atoms with Crippen LogP contribution in [0.3, 0.4) is 0 Å². The number of amides is 3. The normalized spacial score (nSPS) is 18.4. The Balaban J connectivity index is 1.59. The van der Waals surface area contributed by atoms with E-state index in [0.717, 1.165) is 9.13 Å². The fourth-order valence-corrected chi connectivity index (χ4v) is 3.87. The van der Waals surface area contributed by atoms with Crippen LogP contribution in [-0.2, 0) is 16.2 Å². The summed E-state index contributed by atoms with van der Waals surface area (Å²) in [7, 11) is 0. The van der Waals surface area contributed by atoms with Gasteiger partial charge in [0.05, 0.1) is 35.4 Å². The van der Waals surface area contributed by atoms with E-state index in [1.165, 1.54) is 9.96 Å². The lowest BCUT2D eigenvalue weighted by molar-refractivity contribution is -0.165. The predicted octanol–water partition coefficient (Wildman–Crippen LogP) is 3.39. The topological polar surface area (TPSA) is 66.9 Å². The maximum absolute atomic E-state index is 12.6. The summed E-state index contributed by atoms with van der Waals surface area (Å²) in [4.78, 5) is 44.3. The number of hydroxylamine groups is 2. The quantitative estimate of drug-likeness (QED) is 0.504. The fraction of sp³-hybridized carbons (Fsp3) is 0.250. The van der Waals surface area contributed by atoms with Gasteiger partial charge in [-0.25, -0.2) is 9.96 Å². The minimum atomic E-state index is -0.522. The van der Waals surface area contributed by atoms with Gasteiger partial charge in [0.1, 0.15) is 0 Å². The molecule has 3 amide bonds. The van der Waals surface area contributed by atoms with Crippen molar-refractivity contribution in [3.63, 3.8) is 0 Å². The first-order valence-corrected chi connectivity index (χ1v) is 9.58. The van der Waals surface area contributed by atoms with Crippen molar-refractivity contribution < 1.29 is 19.2 Å². The van der Waals surface area contributed by atoms with Crippen LogP contribution >= 0.6 is 22.6 Å². The second-order valence-corrected chi connectivity index (χ2v) is 8.43. The van der Waals surface area contributed by atoms with E-state index < -0.39 is 5.41 Å². The Hall–Kier alpha value is -2.26. The summed E-state index contributed by atoms with van der Waals surface area (Å²) in [5, 5.41) is 1.37. The minimum absolute atomic E-state index is 0.0530. The highest BCUT2D eigenvalue weighted by atomic mass is 127. The maximum Gasteiger partial charge on any atom is 0.266 e. The maximum atomic E-state index is 12.6. The monoisotopic (exact) mass is 476 g/mol. The van der Waals surface area contributed by atoms with Gasteiger partial charge in [-0.3, -0.25) is 19.2 Å². The average Bonchev–Trinajstić information content (AvgIpc) is 3.05. The molecule has 0 bridgehead atoms. The van der Waals surface area contributed by atoms with Gasteiger partial charge in [-0.15, -0.1) is 0 Å². The SMILES string of the molecule is CC1(C)CON(Cc2ccc(N3C(=O)c4ccccc4C3=O)cc2I)C1=O. The molecule has 0 aliphatic carbocycles. The van der Waals surface area contributed by atoms with Gasteiger partial charge in [0, 0.05) is 3.57 Å². The van der Waals surface area contributed by atoms with Crippen molar-refractivity contribution in [1.29, 1.82) is 0 Å². The molecule has 2 heterocycles. The lowest BCUT2D eigenvalue weighted by Gasteiger charge is -2.19. The Morgan fingerprint density at radius 1 is 1.04 bits per heavy atom. The molecule has 2 aromatic carbocycles. The van der Waals surface area contributed by atoms with Crippen molar-refractivity contribution >= 4 is 46.0 Å². The van der Waals surface area contributed by atoms with Crippen LogP contribution in [0, 0.1) is 8.99 Å². The van der Waals surface area contributed by atoms with Crippen LogP contribution in [0.15, 0.2) is 42.5 Å². The van der Waals surface area contributed by atoms with Crippen LogP contribution < -0.4 is 4.90 Å². The summed E-state index contributed by atoms with van der Waals surface area (Å²) in [5.41, 5.74) is 1.72. The van der Waals surface area contributed by atoms with Crippen molar-refractivity contribution in [2.24, 2.45) is 5.41 Å². The zero-order valence-corrected chi connectivity index (χ0v) is 17.0. The van der Waals surface area contributed by atoms with Crippen LogP contribution in [-0.4, -0.2) is 29.4 Å². The van der Waals surface area contributed by atoms with Crippen LogP contribution in [0.2, 0.25) is 0 Å². The van der Waals surface area contributed by atoms with Gasteiger partial charge in [0.2, 0.25) is 0 Å². The Labute approximate surface area is 170 Å². The van der Waals surface area contributed by atoms with Crippen molar-refractivity contribution in [3.05, 3.63) is 62.7 Å². The zero-order valence-electron chi connectivity index (χ0n) is 14.9. The first kappa shape index (κ1) is 18.1. The van der Waals surface area contributed by atoms with E-state index in [2.05, 4.69) is 22.6 Å². The Bertz CT molecular complexity index is 951. The molecule has 2 aliphatic heterocycles. The molecule has 0 aromatic heterocycles. The van der Waals surface area contributed by atoms with E-state index in [0.29, 0.717) is 30.0 Å². The molecule has 0 spiro atoms. The van der Waals surface area contributed by atoms with Crippen molar-refractivity contribution in [3.8, 4) is 0 Å². The molecule has 0 unspecified atom stereocenters. The van der Waals surface area contributed by atoms with Gasteiger partial charge in [-0.2, -0.15) is 0 Å². The van der Waals surface area contributed by atoms with Gasteiger partial charge in [0.15, 0.2) is 0 Å². The number of hydrogen-bond acceptors (Lipinski definition) is 4. The first-order valence-electron chi connectivity index (χ1n) is 8.51. The second-order valence-electron chi connectivity index (χ2n) is 7.27. The molecule has 0 saturated carbocycles. The van der Waals surface area contributed by atoms with E-state index in [1.54, 1.807) is 36.4 Å². The third-order valence-electron chi connectivity index (χ3n) is 4.79. The molecule has 2 aromatic rings. The molecule has 27 heavy (non-hydrogen) atoms. The molecule has 0 radical (unpaired) electrons. The molecular formula is C20H17IN2O4. The number of fused-ring (bicyclic) bond motifs is 1. The molecular weight excluding hydrogens is 459 g/mol. The van der Waals surface area contributed by atoms with Gasteiger partial charge in [-0.05, 0) is 66.3 Å². The van der Waals surface area contributed by atoms with Gasteiger partial charge < -0.3 is 0 Å². The fourth-order valence-electron chi connectivity index (χ4n) is 3.20. The van der Waals surface area contributed by atoms with Crippen LogP contribution in [0.4, 0.5) is 5.69 Å². The van der Waals surface area contributed by atoms with Gasteiger partial charge in [-0.1, -0.05) is 18.2 Å². The van der Waals surface area contributed by atoms with Crippen LogP contribution in [0.1, 0.15) is 40.1 Å². The minimum Gasteiger partial charge on any atom is -0.272 e. The van der Waals surface area contributed by atoms with Crippen LogP contribution in [0.25, 0.3) is 0 Å². The number of nitrogens with zero attached hydrogens (tertiary/aromatic N) is 2. The second kappa shape index (κ2) is 6.42. The number of anilines is 1. The lowest BCUT2D eigenvalue weighted by atomic mass is 9.95. The molecule has 0 N–H and O–H groups in total. The van der Waals surface area contributed by atoms with E-state index in [4.69, 9.17) is 4.84 Å². The summed E-state index contributed by atoms with van der Waals surface area (Å²) < 4.78 is 0.850. The van der Waals surface area contributed by atoms with E-state index in [-0.39, 0.29) is 17.7 Å². The molecule has 0 atom stereocenters. The summed E-state index contributed by atoms with van der Waals surface area (Å²) in [6.07, 6.45) is 0. The highest BCUT2D eigenvalue weighted by molar-refractivity contribution is 14.1. The number of imide groups is 1. The van der Waals surface area contributed by atoms with Gasteiger partial charge in [0.25, 0.3) is 17.7 Å². The molecule has 1 saturated heterocycles. The third kappa shape index (κ3) is 2.94. The number of carbonyl (C=O) groups excluding carboxylic acids is 3. The highest BCUT2D eigenvalue weighted by Crippen LogP contribution is 2.32. The molecule has 2 aliphatic rings. The summed E-state index contributed by atoms with van der Waals surface area (Å²) in [6.45, 7) is 4.38. The smallest absolute Gasteiger partial charge is 0.266 e. The summed E-state index contributed by atoms with van der Waals surface area (Å²) in [5.74, 6) is -0.694. The number of carbonyl (C=O) groups is 3. The number of hydrogen-bond donors (Lipinski definition) is 0. The lowest BCUT2D eigenvalue weighted by Crippen LogP contribution is -2.31. The predicted molar refractivity (Wildman–Crippen MR) is 107 cm³/mol. The number of benzene rings is 2. The largest absolute Gasteiger partial charge is 0.272 e. The molecule has 1 fully saturated rings. The highest BCUT2D eigenvalue weighted by Gasteiger charge is 2.40. The summed E-state index contributed by atoms with van der Waals surface area (Å²) in [6, 6.07) is 12.1. The first-order chi connectivity index (χ1) is 12.8. The Morgan fingerprint density at radius 3 is 2.19 bits per heavy atom. The van der Waals surface area contributed by atoms with E-state index in [9.17, 15) is 14.4 Å². The van der Waals surface area contributed by atoms with Crippen molar-refractivity contribution in [2.45, 2.75) is 20.4 Å². The molecule has 6 nitrogen and oxygen atoms in total. The molecule has 4 rings (SSSR count).